The van der Waals surface area contributed by atoms with Crippen LogP contribution in [0.4, 0.5) is 4.39 Å². The molecule has 1 aromatic carbocycles. The summed E-state index contributed by atoms with van der Waals surface area (Å²) in [4.78, 5) is 24.9. The van der Waals surface area contributed by atoms with Crippen molar-refractivity contribution in [3.05, 3.63) is 34.1 Å². The Morgan fingerprint density at radius 2 is 2.05 bits per heavy atom. The van der Waals surface area contributed by atoms with Crippen LogP contribution in [0.25, 0.3) is 0 Å². The van der Waals surface area contributed by atoms with Crippen molar-refractivity contribution in [2.24, 2.45) is 5.92 Å². The van der Waals surface area contributed by atoms with E-state index < -0.39 is 5.82 Å². The van der Waals surface area contributed by atoms with Gasteiger partial charge >= 0.3 is 0 Å². The van der Waals surface area contributed by atoms with Crippen molar-refractivity contribution < 1.29 is 14.0 Å². The molecule has 0 atom stereocenters. The third kappa shape index (κ3) is 4.03. The van der Waals surface area contributed by atoms with Crippen molar-refractivity contribution in [2.45, 2.75) is 19.8 Å². The van der Waals surface area contributed by atoms with Crippen molar-refractivity contribution in [1.82, 2.24) is 10.2 Å². The van der Waals surface area contributed by atoms with E-state index in [1.807, 2.05) is 0 Å². The SMILES string of the molecule is CC(=O)NCC1CCN(C(=O)c2cccc(Br)c2F)CC1. The van der Waals surface area contributed by atoms with E-state index in [2.05, 4.69) is 21.2 Å². The predicted molar refractivity (Wildman–Crippen MR) is 81.4 cm³/mol. The maximum atomic E-state index is 14.0. The van der Waals surface area contributed by atoms with E-state index in [4.69, 9.17) is 0 Å². The van der Waals surface area contributed by atoms with E-state index in [9.17, 15) is 14.0 Å². The molecule has 0 bridgehead atoms. The number of amides is 2. The quantitative estimate of drug-likeness (QED) is 0.904. The average molecular weight is 357 g/mol. The Morgan fingerprint density at radius 1 is 1.38 bits per heavy atom. The number of benzene rings is 1. The predicted octanol–water partition coefficient (Wildman–Crippen LogP) is 2.58. The van der Waals surface area contributed by atoms with Crippen LogP contribution in [-0.2, 0) is 4.79 Å². The van der Waals surface area contributed by atoms with Gasteiger partial charge in [0.15, 0.2) is 0 Å². The highest BCUT2D eigenvalue weighted by Gasteiger charge is 2.25. The second-order valence-corrected chi connectivity index (χ2v) is 6.13. The average Bonchev–Trinajstić information content (AvgIpc) is 2.48. The molecule has 0 unspecified atom stereocenters. The normalized spacial score (nSPS) is 15.9. The van der Waals surface area contributed by atoms with Crippen LogP contribution < -0.4 is 5.32 Å². The smallest absolute Gasteiger partial charge is 0.256 e. The lowest BCUT2D eigenvalue weighted by atomic mass is 9.96. The highest BCUT2D eigenvalue weighted by atomic mass is 79.9. The Balaban J connectivity index is 1.94. The Hall–Kier alpha value is -1.43. The number of carbonyl (C=O) groups excluding carboxylic acids is 2. The summed E-state index contributed by atoms with van der Waals surface area (Å²) in [5.41, 5.74) is 0.102. The lowest BCUT2D eigenvalue weighted by molar-refractivity contribution is -0.119. The fraction of sp³-hybridized carbons (Fsp3) is 0.467. The second-order valence-electron chi connectivity index (χ2n) is 5.27. The number of nitrogens with zero attached hydrogens (tertiary/aromatic N) is 1. The van der Waals surface area contributed by atoms with E-state index in [0.29, 0.717) is 30.0 Å². The molecule has 1 fully saturated rings. The van der Waals surface area contributed by atoms with Gasteiger partial charge in [0.1, 0.15) is 5.82 Å². The number of hydrogen-bond donors (Lipinski definition) is 1. The van der Waals surface area contributed by atoms with Crippen LogP contribution in [0.5, 0.6) is 0 Å². The van der Waals surface area contributed by atoms with Gasteiger partial charge in [-0.3, -0.25) is 9.59 Å². The summed E-state index contributed by atoms with van der Waals surface area (Å²) in [6, 6.07) is 4.74. The molecule has 0 saturated carbocycles. The van der Waals surface area contributed by atoms with Crippen molar-refractivity contribution in [1.29, 1.82) is 0 Å². The summed E-state index contributed by atoms with van der Waals surface area (Å²) in [7, 11) is 0. The second kappa shape index (κ2) is 7.02. The molecular formula is C15H18BrFN2O2. The fourth-order valence-corrected chi connectivity index (χ4v) is 2.83. The molecule has 1 saturated heterocycles. The summed E-state index contributed by atoms with van der Waals surface area (Å²) in [6.45, 7) is 3.32. The monoisotopic (exact) mass is 356 g/mol. The zero-order valence-electron chi connectivity index (χ0n) is 11.9. The van der Waals surface area contributed by atoms with Gasteiger partial charge in [-0.15, -0.1) is 0 Å². The van der Waals surface area contributed by atoms with Gasteiger partial charge in [0.25, 0.3) is 5.91 Å². The Labute approximate surface area is 131 Å². The van der Waals surface area contributed by atoms with Gasteiger partial charge in [0.05, 0.1) is 10.0 Å². The Morgan fingerprint density at radius 3 is 2.67 bits per heavy atom. The third-order valence-electron chi connectivity index (χ3n) is 3.72. The molecular weight excluding hydrogens is 339 g/mol. The number of piperidine rings is 1. The van der Waals surface area contributed by atoms with Crippen LogP contribution in [0.1, 0.15) is 30.1 Å². The van der Waals surface area contributed by atoms with Crippen LogP contribution in [0.3, 0.4) is 0 Å². The first-order valence-corrected chi connectivity index (χ1v) is 7.76. The maximum absolute atomic E-state index is 14.0. The van der Waals surface area contributed by atoms with Gasteiger partial charge in [-0.1, -0.05) is 6.07 Å². The van der Waals surface area contributed by atoms with Crippen LogP contribution in [0.15, 0.2) is 22.7 Å². The molecule has 1 aliphatic heterocycles. The van der Waals surface area contributed by atoms with Gasteiger partial charge in [0.2, 0.25) is 5.91 Å². The summed E-state index contributed by atoms with van der Waals surface area (Å²) in [5, 5.41) is 2.80. The van der Waals surface area contributed by atoms with Gasteiger partial charge in [-0.25, -0.2) is 4.39 Å². The first kappa shape index (κ1) is 15.9. The molecule has 1 heterocycles. The van der Waals surface area contributed by atoms with Crippen LogP contribution >= 0.6 is 15.9 Å². The van der Waals surface area contributed by atoms with Gasteiger partial charge in [-0.2, -0.15) is 0 Å². The maximum Gasteiger partial charge on any atom is 0.256 e. The van der Waals surface area contributed by atoms with Gasteiger partial charge in [0, 0.05) is 26.6 Å². The summed E-state index contributed by atoms with van der Waals surface area (Å²) >= 11 is 3.10. The minimum atomic E-state index is -0.511. The Kier molecular flexibility index (Phi) is 5.33. The molecule has 6 heteroatoms. The molecule has 114 valence electrons. The standard InChI is InChI=1S/C15H18BrFN2O2/c1-10(20)18-9-11-5-7-19(8-6-11)15(21)12-3-2-4-13(16)14(12)17/h2-4,11H,5-9H2,1H3,(H,18,20). The lowest BCUT2D eigenvalue weighted by Crippen LogP contribution is -2.41. The van der Waals surface area contributed by atoms with E-state index >= 15 is 0 Å². The first-order chi connectivity index (χ1) is 9.99. The summed E-state index contributed by atoms with van der Waals surface area (Å²) < 4.78 is 14.3. The molecule has 1 aromatic rings. The van der Waals surface area contributed by atoms with Crippen LogP contribution in [0, 0.1) is 11.7 Å². The molecule has 2 amide bonds. The van der Waals surface area contributed by atoms with E-state index in [-0.39, 0.29) is 17.4 Å². The van der Waals surface area contributed by atoms with E-state index in [0.717, 1.165) is 12.8 Å². The number of rotatable bonds is 3. The zero-order chi connectivity index (χ0) is 15.4. The van der Waals surface area contributed by atoms with E-state index in [1.165, 1.54) is 13.0 Å². The molecule has 1 aliphatic rings. The third-order valence-corrected chi connectivity index (χ3v) is 4.34. The molecule has 0 radical (unpaired) electrons. The van der Waals surface area contributed by atoms with Crippen molar-refractivity contribution in [3.63, 3.8) is 0 Å². The largest absolute Gasteiger partial charge is 0.356 e. The van der Waals surface area contributed by atoms with Crippen LogP contribution in [0.2, 0.25) is 0 Å². The lowest BCUT2D eigenvalue weighted by Gasteiger charge is -2.32. The minimum absolute atomic E-state index is 0.0373. The number of carbonyl (C=O) groups is 2. The highest BCUT2D eigenvalue weighted by molar-refractivity contribution is 9.10. The van der Waals surface area contributed by atoms with Gasteiger partial charge in [-0.05, 0) is 46.8 Å². The van der Waals surface area contributed by atoms with Gasteiger partial charge < -0.3 is 10.2 Å². The summed E-state index contributed by atoms with van der Waals surface area (Å²) in [5.74, 6) is -0.440. The molecule has 21 heavy (non-hydrogen) atoms. The number of likely N-dealkylation sites (tertiary alicyclic amines) is 1. The minimum Gasteiger partial charge on any atom is -0.356 e. The Bertz CT molecular complexity index is 542. The van der Waals surface area contributed by atoms with Crippen molar-refractivity contribution >= 4 is 27.7 Å². The number of hydrogen-bond acceptors (Lipinski definition) is 2. The summed E-state index contributed by atoms with van der Waals surface area (Å²) in [6.07, 6.45) is 1.64. The number of nitrogens with one attached hydrogen (secondary N) is 1. The zero-order valence-corrected chi connectivity index (χ0v) is 13.5. The molecule has 1 N–H and O–H groups in total. The fourth-order valence-electron chi connectivity index (χ4n) is 2.47. The highest BCUT2D eigenvalue weighted by Crippen LogP contribution is 2.23. The molecule has 0 aromatic heterocycles. The first-order valence-electron chi connectivity index (χ1n) is 6.96. The molecule has 4 nitrogen and oxygen atoms in total. The molecule has 2 rings (SSSR count). The molecule has 0 aliphatic carbocycles. The topological polar surface area (TPSA) is 49.4 Å². The van der Waals surface area contributed by atoms with Crippen LogP contribution in [-0.4, -0.2) is 36.3 Å². The van der Waals surface area contributed by atoms with Crippen molar-refractivity contribution in [2.75, 3.05) is 19.6 Å². The number of halogens is 2. The van der Waals surface area contributed by atoms with E-state index in [1.54, 1.807) is 17.0 Å². The van der Waals surface area contributed by atoms with Crippen molar-refractivity contribution in [3.8, 4) is 0 Å². The molecule has 0 spiro atoms.